The highest BCUT2D eigenvalue weighted by atomic mass is 16.5. The Bertz CT molecular complexity index is 808. The van der Waals surface area contributed by atoms with E-state index in [9.17, 15) is 0 Å². The highest BCUT2D eigenvalue weighted by Gasteiger charge is 2.50. The van der Waals surface area contributed by atoms with E-state index < -0.39 is 0 Å². The van der Waals surface area contributed by atoms with Crippen molar-refractivity contribution in [2.24, 2.45) is 16.3 Å². The maximum atomic E-state index is 6.44. The minimum Gasteiger partial charge on any atom is -0.375 e. The molecule has 5 heteroatoms. The molecule has 3 aliphatic heterocycles. The van der Waals surface area contributed by atoms with Crippen LogP contribution in [0.3, 0.4) is 0 Å². The van der Waals surface area contributed by atoms with Crippen LogP contribution in [0.1, 0.15) is 95.8 Å². The van der Waals surface area contributed by atoms with Gasteiger partial charge in [0.15, 0.2) is 0 Å². The SMILES string of the molecule is CCC(C)C1CC(NCC[C@@]2(C3CC=CC=N3)CCOC3(CCCC3)C2)c2ccnn21. The zero-order chi connectivity index (χ0) is 21.3. The van der Waals surface area contributed by atoms with Crippen LogP contribution in [0, 0.1) is 11.3 Å². The summed E-state index contributed by atoms with van der Waals surface area (Å²) in [6, 6.07) is 3.57. The molecule has 1 aromatic heterocycles. The maximum absolute atomic E-state index is 6.44. The van der Waals surface area contributed by atoms with E-state index in [4.69, 9.17) is 9.73 Å². The third-order valence-corrected chi connectivity index (χ3v) is 8.92. The van der Waals surface area contributed by atoms with Gasteiger partial charge in [0.05, 0.1) is 29.4 Å². The van der Waals surface area contributed by atoms with Gasteiger partial charge in [-0.2, -0.15) is 5.10 Å². The molecule has 1 saturated heterocycles. The maximum Gasteiger partial charge on any atom is 0.0688 e. The molecule has 1 aromatic rings. The Balaban J connectivity index is 1.29. The van der Waals surface area contributed by atoms with Crippen LogP contribution >= 0.6 is 0 Å². The van der Waals surface area contributed by atoms with Crippen LogP contribution in [0.5, 0.6) is 0 Å². The van der Waals surface area contributed by atoms with Crippen molar-refractivity contribution in [1.29, 1.82) is 0 Å². The normalized spacial score (nSPS) is 35.0. The molecule has 1 saturated carbocycles. The lowest BCUT2D eigenvalue weighted by Crippen LogP contribution is -2.50. The first-order valence-electron chi connectivity index (χ1n) is 12.7. The van der Waals surface area contributed by atoms with Crippen molar-refractivity contribution in [3.8, 4) is 0 Å². The number of nitrogens with zero attached hydrogens (tertiary/aromatic N) is 3. The highest BCUT2D eigenvalue weighted by Crippen LogP contribution is 2.52. The predicted octanol–water partition coefficient (Wildman–Crippen LogP) is 5.40. The van der Waals surface area contributed by atoms with E-state index in [0.717, 1.165) is 26.0 Å². The van der Waals surface area contributed by atoms with E-state index >= 15 is 0 Å². The summed E-state index contributed by atoms with van der Waals surface area (Å²) >= 11 is 0. The summed E-state index contributed by atoms with van der Waals surface area (Å²) in [5.74, 6) is 0.665. The largest absolute Gasteiger partial charge is 0.375 e. The minimum absolute atomic E-state index is 0.128. The second kappa shape index (κ2) is 8.82. The Morgan fingerprint density at radius 1 is 1.29 bits per heavy atom. The number of aromatic nitrogens is 2. The van der Waals surface area contributed by atoms with E-state index in [-0.39, 0.29) is 11.0 Å². The van der Waals surface area contributed by atoms with Crippen LogP contribution in [0.25, 0.3) is 0 Å². The highest BCUT2D eigenvalue weighted by molar-refractivity contribution is 5.72. The topological polar surface area (TPSA) is 51.4 Å². The predicted molar refractivity (Wildman–Crippen MR) is 126 cm³/mol. The fourth-order valence-corrected chi connectivity index (χ4v) is 6.92. The van der Waals surface area contributed by atoms with E-state index in [1.165, 1.54) is 57.1 Å². The Morgan fingerprint density at radius 3 is 2.94 bits per heavy atom. The third-order valence-electron chi connectivity index (χ3n) is 8.92. The van der Waals surface area contributed by atoms with Gasteiger partial charge in [-0.1, -0.05) is 39.2 Å². The molecule has 1 aliphatic carbocycles. The summed E-state index contributed by atoms with van der Waals surface area (Å²) in [6.07, 6.45) is 20.6. The van der Waals surface area contributed by atoms with Gasteiger partial charge < -0.3 is 10.1 Å². The molecule has 4 heterocycles. The van der Waals surface area contributed by atoms with Crippen molar-refractivity contribution in [3.63, 3.8) is 0 Å². The standard InChI is InChI=1S/C26H40N4O/c1-3-20(2)23-18-21(22-9-15-29-30(22)23)27-16-12-25(24-8-4-7-14-28-24)13-17-31-26(19-25)10-5-6-11-26/h4,7,9,14-15,20-21,23-24,27H,3,5-6,8,10-13,16-19H2,1-2H3/t20?,21?,23?,24?,25-/m1/s1. The average molecular weight is 425 g/mol. The van der Waals surface area contributed by atoms with Crippen molar-refractivity contribution in [2.75, 3.05) is 13.2 Å². The molecule has 5 atom stereocenters. The van der Waals surface area contributed by atoms with Gasteiger partial charge in [-0.3, -0.25) is 9.67 Å². The summed E-state index contributed by atoms with van der Waals surface area (Å²) in [7, 11) is 0. The monoisotopic (exact) mass is 424 g/mol. The van der Waals surface area contributed by atoms with E-state index in [2.05, 4.69) is 47.2 Å². The van der Waals surface area contributed by atoms with Crippen molar-refractivity contribution < 1.29 is 4.74 Å². The summed E-state index contributed by atoms with van der Waals surface area (Å²) in [4.78, 5) is 5.00. The number of nitrogens with one attached hydrogen (secondary N) is 1. The molecular formula is C26H40N4O. The minimum atomic E-state index is 0.128. The first-order chi connectivity index (χ1) is 15.1. The van der Waals surface area contributed by atoms with Gasteiger partial charge in [0, 0.05) is 19.0 Å². The summed E-state index contributed by atoms with van der Waals surface area (Å²) in [5, 5.41) is 8.62. The van der Waals surface area contributed by atoms with Crippen LogP contribution in [-0.4, -0.2) is 40.8 Å². The molecule has 5 rings (SSSR count). The fourth-order valence-electron chi connectivity index (χ4n) is 6.92. The molecule has 0 bridgehead atoms. The second-order valence-electron chi connectivity index (χ2n) is 10.7. The molecule has 5 nitrogen and oxygen atoms in total. The molecule has 170 valence electrons. The lowest BCUT2D eigenvalue weighted by molar-refractivity contribution is -0.130. The fraction of sp³-hybridized carbons (Fsp3) is 0.769. The zero-order valence-corrected chi connectivity index (χ0v) is 19.4. The number of aliphatic imine (C=N–C) groups is 1. The molecule has 0 aromatic carbocycles. The van der Waals surface area contributed by atoms with E-state index in [1.807, 2.05) is 12.4 Å². The van der Waals surface area contributed by atoms with Gasteiger partial charge in [-0.25, -0.2) is 0 Å². The van der Waals surface area contributed by atoms with Gasteiger partial charge >= 0.3 is 0 Å². The molecule has 4 unspecified atom stereocenters. The van der Waals surface area contributed by atoms with Crippen LogP contribution in [0.4, 0.5) is 0 Å². The van der Waals surface area contributed by atoms with Crippen LogP contribution in [0.2, 0.25) is 0 Å². The first kappa shape index (κ1) is 21.4. The van der Waals surface area contributed by atoms with Gasteiger partial charge in [-0.05, 0) is 75.0 Å². The number of dihydropyridines is 1. The Morgan fingerprint density at radius 2 is 2.16 bits per heavy atom. The lowest BCUT2D eigenvalue weighted by atomic mass is 9.65. The van der Waals surface area contributed by atoms with E-state index in [0.29, 0.717) is 24.0 Å². The number of ether oxygens (including phenoxy) is 1. The summed E-state index contributed by atoms with van der Waals surface area (Å²) in [6.45, 7) is 6.61. The van der Waals surface area contributed by atoms with Gasteiger partial charge in [-0.15, -0.1) is 0 Å². The van der Waals surface area contributed by atoms with Gasteiger partial charge in [0.2, 0.25) is 0 Å². The van der Waals surface area contributed by atoms with Crippen molar-refractivity contribution in [1.82, 2.24) is 15.1 Å². The van der Waals surface area contributed by atoms with E-state index in [1.54, 1.807) is 0 Å². The number of fused-ring (bicyclic) bond motifs is 1. The molecule has 2 fully saturated rings. The smallest absolute Gasteiger partial charge is 0.0688 e. The van der Waals surface area contributed by atoms with Crippen LogP contribution in [-0.2, 0) is 4.74 Å². The number of hydrogen-bond acceptors (Lipinski definition) is 4. The molecular weight excluding hydrogens is 384 g/mol. The van der Waals surface area contributed by atoms with Crippen molar-refractivity contribution >= 4 is 6.21 Å². The molecule has 1 N–H and O–H groups in total. The van der Waals surface area contributed by atoms with Gasteiger partial charge in [0.1, 0.15) is 0 Å². The zero-order valence-electron chi connectivity index (χ0n) is 19.4. The van der Waals surface area contributed by atoms with Crippen LogP contribution < -0.4 is 5.32 Å². The Kier molecular flexibility index (Phi) is 6.09. The average Bonchev–Trinajstić information content (AvgIpc) is 3.52. The number of rotatable bonds is 7. The molecule has 4 aliphatic rings. The molecule has 1 spiro atoms. The van der Waals surface area contributed by atoms with Gasteiger partial charge in [0.25, 0.3) is 0 Å². The van der Waals surface area contributed by atoms with Crippen molar-refractivity contribution in [2.45, 2.75) is 102 Å². The van der Waals surface area contributed by atoms with Crippen molar-refractivity contribution in [3.05, 3.63) is 30.1 Å². The quantitative estimate of drug-likeness (QED) is 0.637. The van der Waals surface area contributed by atoms with Crippen LogP contribution in [0.15, 0.2) is 29.4 Å². The molecule has 31 heavy (non-hydrogen) atoms. The lowest BCUT2D eigenvalue weighted by Gasteiger charge is -2.49. The Hall–Kier alpha value is -1.46. The summed E-state index contributed by atoms with van der Waals surface area (Å²) in [5.41, 5.74) is 1.76. The second-order valence-corrected chi connectivity index (χ2v) is 10.7. The summed E-state index contributed by atoms with van der Waals surface area (Å²) < 4.78 is 8.73. The molecule has 0 amide bonds. The Labute approximate surface area is 187 Å². The third kappa shape index (κ3) is 4.04. The number of allylic oxidation sites excluding steroid dienone is 1. The first-order valence-corrected chi connectivity index (χ1v) is 12.7. The molecule has 0 radical (unpaired) electrons. The number of hydrogen-bond donors (Lipinski definition) is 1.